The highest BCUT2D eigenvalue weighted by molar-refractivity contribution is 5.92. The molecule has 0 radical (unpaired) electrons. The molecule has 1 unspecified atom stereocenters. The Bertz CT molecular complexity index is 898. The van der Waals surface area contributed by atoms with Crippen molar-refractivity contribution in [2.45, 2.75) is 44.6 Å². The highest BCUT2D eigenvalue weighted by Crippen LogP contribution is 2.38. The zero-order valence-corrected chi connectivity index (χ0v) is 18.8. The average Bonchev–Trinajstić information content (AvgIpc) is 3.23. The largest absolute Gasteiger partial charge is 0.411 e. The lowest BCUT2D eigenvalue weighted by atomic mass is 9.77. The molecule has 1 amide bonds. The lowest BCUT2D eigenvalue weighted by Gasteiger charge is -2.44. The number of amides is 1. The number of hydrogen-bond acceptors (Lipinski definition) is 5. The van der Waals surface area contributed by atoms with E-state index < -0.39 is 0 Å². The second kappa shape index (κ2) is 9.63. The summed E-state index contributed by atoms with van der Waals surface area (Å²) < 4.78 is 0. The molecule has 6 rings (SSSR count). The van der Waals surface area contributed by atoms with Gasteiger partial charge in [-0.2, -0.15) is 0 Å². The molecule has 4 fully saturated rings. The predicted octanol–water partition coefficient (Wildman–Crippen LogP) is 2.96. The van der Waals surface area contributed by atoms with Crippen molar-refractivity contribution in [3.8, 4) is 0 Å². The van der Waals surface area contributed by atoms with Gasteiger partial charge in [0.1, 0.15) is 0 Å². The Labute approximate surface area is 190 Å². The van der Waals surface area contributed by atoms with Gasteiger partial charge in [0.25, 0.3) is 5.91 Å². The van der Waals surface area contributed by atoms with Gasteiger partial charge >= 0.3 is 0 Å². The van der Waals surface area contributed by atoms with Gasteiger partial charge in [-0.25, -0.2) is 0 Å². The fourth-order valence-electron chi connectivity index (χ4n) is 5.81. The summed E-state index contributed by atoms with van der Waals surface area (Å²) in [6.07, 6.45) is 5.69. The first-order valence-electron chi connectivity index (χ1n) is 12.2. The third-order valence-corrected chi connectivity index (χ3v) is 7.78. The van der Waals surface area contributed by atoms with Gasteiger partial charge in [0.05, 0.1) is 5.69 Å². The van der Waals surface area contributed by atoms with E-state index in [-0.39, 0.29) is 11.8 Å². The summed E-state index contributed by atoms with van der Waals surface area (Å²) in [7, 11) is 0. The molecule has 32 heavy (non-hydrogen) atoms. The number of aromatic nitrogens is 2. The van der Waals surface area contributed by atoms with Crippen LogP contribution < -0.4 is 5.32 Å². The van der Waals surface area contributed by atoms with E-state index in [0.717, 1.165) is 56.2 Å². The van der Waals surface area contributed by atoms with Crippen molar-refractivity contribution >= 4 is 5.91 Å². The minimum Gasteiger partial charge on any atom is -0.411 e. The standard InChI is InChI=1S/C25H35N5O2/c31-25(23-16-24(30(32)27-23)22-18-29-14-9-21(22)10-15-29)26-11-6-19-7-12-28(13-8-19)17-20-4-2-1-3-5-20/h1-5,16,19,21-22,32H,6-15,17-18H2,(H,26,31). The van der Waals surface area contributed by atoms with Crippen molar-refractivity contribution in [1.82, 2.24) is 25.1 Å². The molecular weight excluding hydrogens is 402 g/mol. The second-order valence-electron chi connectivity index (χ2n) is 9.84. The number of nitrogens with one attached hydrogen (secondary N) is 1. The van der Waals surface area contributed by atoms with Gasteiger partial charge in [-0.1, -0.05) is 30.3 Å². The Balaban J connectivity index is 1.06. The highest BCUT2D eigenvalue weighted by Gasteiger charge is 2.37. The Kier molecular flexibility index (Phi) is 6.46. The van der Waals surface area contributed by atoms with Crippen LogP contribution in [0.3, 0.4) is 0 Å². The van der Waals surface area contributed by atoms with Crippen LogP contribution in [0.4, 0.5) is 0 Å². The highest BCUT2D eigenvalue weighted by atomic mass is 16.5. The first-order valence-corrected chi connectivity index (χ1v) is 12.2. The first kappa shape index (κ1) is 21.5. The van der Waals surface area contributed by atoms with Gasteiger partial charge in [0, 0.05) is 25.6 Å². The van der Waals surface area contributed by atoms with Crippen LogP contribution in [0.25, 0.3) is 0 Å². The van der Waals surface area contributed by atoms with Crippen LogP contribution in [0.2, 0.25) is 0 Å². The molecule has 4 saturated heterocycles. The molecule has 2 N–H and O–H groups in total. The molecule has 5 heterocycles. The molecule has 4 aliphatic heterocycles. The Hall–Kier alpha value is -2.38. The van der Waals surface area contributed by atoms with Gasteiger partial charge in [-0.15, -0.1) is 9.94 Å². The fourth-order valence-corrected chi connectivity index (χ4v) is 5.81. The normalized spacial score (nSPS) is 26.3. The number of hydrogen-bond donors (Lipinski definition) is 2. The summed E-state index contributed by atoms with van der Waals surface area (Å²) >= 11 is 0. The molecule has 7 heteroatoms. The summed E-state index contributed by atoms with van der Waals surface area (Å²) in [6.45, 7) is 7.18. The maximum Gasteiger partial charge on any atom is 0.271 e. The van der Waals surface area contributed by atoms with Crippen molar-refractivity contribution in [1.29, 1.82) is 0 Å². The molecule has 1 atom stereocenters. The summed E-state index contributed by atoms with van der Waals surface area (Å²) in [5.74, 6) is 1.34. The van der Waals surface area contributed by atoms with Crippen LogP contribution in [0.15, 0.2) is 36.4 Å². The SMILES string of the molecule is O=C(NCCC1CCN(Cc2ccccc2)CC1)c1cc(C2CN3CCC2CC3)n(O)n1. The van der Waals surface area contributed by atoms with Crippen molar-refractivity contribution in [3.05, 3.63) is 53.3 Å². The lowest BCUT2D eigenvalue weighted by molar-refractivity contribution is 0.0643. The number of likely N-dealkylation sites (tertiary alicyclic amines) is 1. The van der Waals surface area contributed by atoms with Gasteiger partial charge in [0.15, 0.2) is 5.69 Å². The van der Waals surface area contributed by atoms with Crippen LogP contribution in [0.5, 0.6) is 0 Å². The van der Waals surface area contributed by atoms with Crippen molar-refractivity contribution in [2.24, 2.45) is 11.8 Å². The Morgan fingerprint density at radius 1 is 1.06 bits per heavy atom. The van der Waals surface area contributed by atoms with Gasteiger partial charge < -0.3 is 15.4 Å². The molecule has 0 spiro atoms. The van der Waals surface area contributed by atoms with E-state index in [1.807, 2.05) is 0 Å². The molecule has 0 aliphatic carbocycles. The van der Waals surface area contributed by atoms with Crippen molar-refractivity contribution < 1.29 is 10.0 Å². The lowest BCUT2D eigenvalue weighted by Crippen LogP contribution is -2.46. The number of rotatable bonds is 7. The number of nitrogens with zero attached hydrogens (tertiary/aromatic N) is 4. The van der Waals surface area contributed by atoms with E-state index in [2.05, 4.69) is 50.5 Å². The first-order chi connectivity index (χ1) is 15.7. The van der Waals surface area contributed by atoms with Gasteiger partial charge in [0.2, 0.25) is 0 Å². The molecule has 1 aromatic carbocycles. The van der Waals surface area contributed by atoms with Crippen LogP contribution in [0, 0.1) is 11.8 Å². The molecule has 7 nitrogen and oxygen atoms in total. The van der Waals surface area contributed by atoms with Gasteiger partial charge in [-0.3, -0.25) is 9.69 Å². The third kappa shape index (κ3) is 4.84. The minimum absolute atomic E-state index is 0.179. The Morgan fingerprint density at radius 2 is 1.81 bits per heavy atom. The minimum atomic E-state index is -0.179. The van der Waals surface area contributed by atoms with Crippen molar-refractivity contribution in [3.63, 3.8) is 0 Å². The number of piperidine rings is 4. The van der Waals surface area contributed by atoms with E-state index >= 15 is 0 Å². The zero-order valence-electron chi connectivity index (χ0n) is 18.8. The smallest absolute Gasteiger partial charge is 0.271 e. The molecule has 2 bridgehead atoms. The number of carbonyl (C=O) groups excluding carboxylic acids is 1. The maximum absolute atomic E-state index is 12.6. The van der Waals surface area contributed by atoms with Crippen LogP contribution >= 0.6 is 0 Å². The summed E-state index contributed by atoms with van der Waals surface area (Å²) in [5.41, 5.74) is 2.49. The van der Waals surface area contributed by atoms with E-state index in [1.165, 1.54) is 31.2 Å². The molecular formula is C25H35N5O2. The summed E-state index contributed by atoms with van der Waals surface area (Å²) in [4.78, 5) is 18.6. The molecule has 2 aromatic rings. The molecule has 0 saturated carbocycles. The number of carbonyl (C=O) groups is 1. The summed E-state index contributed by atoms with van der Waals surface area (Å²) in [5, 5.41) is 17.5. The van der Waals surface area contributed by atoms with E-state index in [9.17, 15) is 10.0 Å². The third-order valence-electron chi connectivity index (χ3n) is 7.78. The van der Waals surface area contributed by atoms with Crippen LogP contribution in [-0.4, -0.2) is 70.1 Å². The Morgan fingerprint density at radius 3 is 2.50 bits per heavy atom. The van der Waals surface area contributed by atoms with Crippen molar-refractivity contribution in [2.75, 3.05) is 39.3 Å². The zero-order chi connectivity index (χ0) is 21.9. The van der Waals surface area contributed by atoms with Crippen LogP contribution in [0.1, 0.15) is 59.8 Å². The average molecular weight is 438 g/mol. The van der Waals surface area contributed by atoms with E-state index in [4.69, 9.17) is 0 Å². The molecule has 172 valence electrons. The van der Waals surface area contributed by atoms with E-state index in [0.29, 0.717) is 24.1 Å². The monoisotopic (exact) mass is 437 g/mol. The quantitative estimate of drug-likeness (QED) is 0.652. The summed E-state index contributed by atoms with van der Waals surface area (Å²) in [6, 6.07) is 12.4. The number of benzene rings is 1. The van der Waals surface area contributed by atoms with E-state index in [1.54, 1.807) is 6.07 Å². The second-order valence-corrected chi connectivity index (χ2v) is 9.84. The molecule has 4 aliphatic rings. The fraction of sp³-hybridized carbons (Fsp3) is 0.600. The maximum atomic E-state index is 12.6. The van der Waals surface area contributed by atoms with Crippen LogP contribution in [-0.2, 0) is 6.54 Å². The molecule has 1 aromatic heterocycles. The predicted molar refractivity (Wildman–Crippen MR) is 123 cm³/mol. The topological polar surface area (TPSA) is 73.6 Å². The number of fused-ring (bicyclic) bond motifs is 3. The van der Waals surface area contributed by atoms with Gasteiger partial charge in [-0.05, 0) is 81.7 Å².